The van der Waals surface area contributed by atoms with Crippen LogP contribution >= 0.6 is 0 Å². The van der Waals surface area contributed by atoms with Crippen LogP contribution in [0.1, 0.15) is 51.4 Å². The molecule has 0 unspecified atom stereocenters. The number of rotatable bonds is 6. The van der Waals surface area contributed by atoms with Gasteiger partial charge in [0.2, 0.25) is 5.89 Å². The van der Waals surface area contributed by atoms with Gasteiger partial charge in [-0.05, 0) is 38.5 Å². The summed E-state index contributed by atoms with van der Waals surface area (Å²) >= 11 is 0. The summed E-state index contributed by atoms with van der Waals surface area (Å²) in [5, 5.41) is 10.1. The largest absolute Gasteiger partial charge is 0.479 e. The highest BCUT2D eigenvalue weighted by molar-refractivity contribution is 5.98. The molecule has 0 radical (unpaired) electrons. The third-order valence-corrected chi connectivity index (χ3v) is 3.90. The van der Waals surface area contributed by atoms with Crippen molar-refractivity contribution in [2.75, 3.05) is 10.6 Å². The Morgan fingerprint density at radius 1 is 1.42 bits per heavy atom. The third kappa shape index (κ3) is 3.50. The molecule has 1 amide bonds. The molecular formula is C17H22N4O3. The van der Waals surface area contributed by atoms with Crippen molar-refractivity contribution < 1.29 is 14.1 Å². The van der Waals surface area contributed by atoms with E-state index in [0.29, 0.717) is 17.3 Å². The summed E-state index contributed by atoms with van der Waals surface area (Å²) in [5.74, 6) is 1.80. The molecule has 7 nitrogen and oxygen atoms in total. The number of aryl methyl sites for hydroxylation is 1. The van der Waals surface area contributed by atoms with Crippen LogP contribution in [0.15, 0.2) is 22.7 Å². The second-order valence-corrected chi connectivity index (χ2v) is 5.98. The summed E-state index contributed by atoms with van der Waals surface area (Å²) in [6.45, 7) is 5.80. The van der Waals surface area contributed by atoms with Crippen LogP contribution in [-0.2, 0) is 11.2 Å². The van der Waals surface area contributed by atoms with Crippen molar-refractivity contribution in [3.05, 3.63) is 29.9 Å². The van der Waals surface area contributed by atoms with Crippen molar-refractivity contribution in [2.45, 2.75) is 52.2 Å². The Hall–Kier alpha value is -2.57. The zero-order valence-corrected chi connectivity index (χ0v) is 14.1. The van der Waals surface area contributed by atoms with Gasteiger partial charge in [-0.2, -0.15) is 4.98 Å². The number of amides is 1. The molecule has 128 valence electrons. The van der Waals surface area contributed by atoms with Gasteiger partial charge < -0.3 is 19.9 Å². The monoisotopic (exact) mass is 330 g/mol. The fourth-order valence-electron chi connectivity index (χ4n) is 2.49. The summed E-state index contributed by atoms with van der Waals surface area (Å²) < 4.78 is 10.9. The molecule has 1 aliphatic rings. The number of hydrogen-bond donors (Lipinski definition) is 2. The highest BCUT2D eigenvalue weighted by Gasteiger charge is 2.24. The minimum atomic E-state index is -0.477. The average Bonchev–Trinajstić information content (AvgIpc) is 3.03. The van der Waals surface area contributed by atoms with Gasteiger partial charge in [-0.25, -0.2) is 0 Å². The van der Waals surface area contributed by atoms with Crippen molar-refractivity contribution in [2.24, 2.45) is 0 Å². The van der Waals surface area contributed by atoms with Gasteiger partial charge in [0.15, 0.2) is 11.9 Å². The lowest BCUT2D eigenvalue weighted by Gasteiger charge is -2.24. The Balaban J connectivity index is 1.68. The maximum Gasteiger partial charge on any atom is 0.265 e. The number of ether oxygens (including phenoxy) is 1. The van der Waals surface area contributed by atoms with Crippen LogP contribution in [-0.4, -0.2) is 22.2 Å². The normalized spacial score (nSPS) is 17.6. The Morgan fingerprint density at radius 3 is 3.04 bits per heavy atom. The van der Waals surface area contributed by atoms with E-state index in [1.807, 2.05) is 25.1 Å². The molecule has 0 saturated heterocycles. The first-order valence-electron chi connectivity index (χ1n) is 8.27. The summed E-state index contributed by atoms with van der Waals surface area (Å²) in [4.78, 5) is 16.1. The summed E-state index contributed by atoms with van der Waals surface area (Å²) in [6, 6.07) is 5.43. The van der Waals surface area contributed by atoms with Gasteiger partial charge in [0, 0.05) is 12.1 Å². The fraction of sp³-hybridized carbons (Fsp3) is 0.471. The first-order valence-corrected chi connectivity index (χ1v) is 8.27. The third-order valence-electron chi connectivity index (χ3n) is 3.90. The van der Waals surface area contributed by atoms with Crippen molar-refractivity contribution in [1.82, 2.24) is 10.1 Å². The van der Waals surface area contributed by atoms with Gasteiger partial charge in [0.1, 0.15) is 11.8 Å². The van der Waals surface area contributed by atoms with Crippen LogP contribution in [0.3, 0.4) is 0 Å². The molecule has 24 heavy (non-hydrogen) atoms. The molecule has 1 aromatic heterocycles. The molecule has 0 spiro atoms. The SMILES string of the molecule is CCCCc1noc([C@@H](C)Nc2ccc3c(c2)NC(=O)[C@@H](C)O3)n1. The Labute approximate surface area is 140 Å². The van der Waals surface area contributed by atoms with Gasteiger partial charge in [-0.3, -0.25) is 4.79 Å². The van der Waals surface area contributed by atoms with E-state index in [1.165, 1.54) is 0 Å². The molecule has 0 aliphatic carbocycles. The smallest absolute Gasteiger partial charge is 0.265 e. The van der Waals surface area contributed by atoms with E-state index in [0.717, 1.165) is 30.8 Å². The molecule has 1 aromatic carbocycles. The van der Waals surface area contributed by atoms with Crippen molar-refractivity contribution in [3.8, 4) is 5.75 Å². The van der Waals surface area contributed by atoms with E-state index < -0.39 is 6.10 Å². The zero-order valence-electron chi connectivity index (χ0n) is 14.1. The highest BCUT2D eigenvalue weighted by atomic mass is 16.5. The van der Waals surface area contributed by atoms with Crippen LogP contribution in [0.4, 0.5) is 11.4 Å². The standard InChI is InChI=1S/C17H22N4O3/c1-4-5-6-15-20-17(24-21-15)10(2)18-12-7-8-14-13(9-12)19-16(22)11(3)23-14/h7-11,18H,4-6H2,1-3H3,(H,19,22)/t10-,11-/m1/s1. The highest BCUT2D eigenvalue weighted by Crippen LogP contribution is 2.33. The van der Waals surface area contributed by atoms with Crippen LogP contribution in [0.25, 0.3) is 0 Å². The van der Waals surface area contributed by atoms with Crippen molar-refractivity contribution in [3.63, 3.8) is 0 Å². The quantitative estimate of drug-likeness (QED) is 0.844. The maximum atomic E-state index is 11.7. The molecule has 0 bridgehead atoms. The van der Waals surface area contributed by atoms with Crippen LogP contribution in [0.5, 0.6) is 5.75 Å². The molecule has 0 saturated carbocycles. The summed E-state index contributed by atoms with van der Waals surface area (Å²) in [7, 11) is 0. The van der Waals surface area contributed by atoms with Crippen LogP contribution < -0.4 is 15.4 Å². The lowest BCUT2D eigenvalue weighted by Crippen LogP contribution is -2.34. The zero-order chi connectivity index (χ0) is 17.1. The van der Waals surface area contributed by atoms with Crippen LogP contribution in [0.2, 0.25) is 0 Å². The molecule has 0 fully saturated rings. The topological polar surface area (TPSA) is 89.3 Å². The maximum absolute atomic E-state index is 11.7. The van der Waals surface area contributed by atoms with Crippen LogP contribution in [0, 0.1) is 0 Å². The van der Waals surface area contributed by atoms with E-state index in [1.54, 1.807) is 6.92 Å². The molecule has 3 rings (SSSR count). The van der Waals surface area contributed by atoms with E-state index in [9.17, 15) is 4.79 Å². The number of benzene rings is 1. The molecular weight excluding hydrogens is 308 g/mol. The molecule has 7 heteroatoms. The number of fused-ring (bicyclic) bond motifs is 1. The van der Waals surface area contributed by atoms with E-state index >= 15 is 0 Å². The predicted molar refractivity (Wildman–Crippen MR) is 90.1 cm³/mol. The fourth-order valence-corrected chi connectivity index (χ4v) is 2.49. The molecule has 2 heterocycles. The number of carbonyl (C=O) groups excluding carboxylic acids is 1. The van der Waals surface area contributed by atoms with Gasteiger partial charge >= 0.3 is 0 Å². The lowest BCUT2D eigenvalue weighted by atomic mass is 10.2. The number of aromatic nitrogens is 2. The Bertz CT molecular complexity index is 728. The number of hydrogen-bond acceptors (Lipinski definition) is 6. The molecule has 2 aromatic rings. The molecule has 2 atom stereocenters. The number of nitrogens with one attached hydrogen (secondary N) is 2. The number of anilines is 2. The van der Waals surface area contributed by atoms with Gasteiger partial charge in [-0.1, -0.05) is 18.5 Å². The molecule has 2 N–H and O–H groups in total. The number of nitrogens with zero attached hydrogens (tertiary/aromatic N) is 2. The van der Waals surface area contributed by atoms with Gasteiger partial charge in [-0.15, -0.1) is 0 Å². The average molecular weight is 330 g/mol. The van der Waals surface area contributed by atoms with E-state index in [4.69, 9.17) is 9.26 Å². The minimum absolute atomic E-state index is 0.134. The Morgan fingerprint density at radius 2 is 2.25 bits per heavy atom. The number of carbonyl (C=O) groups is 1. The second-order valence-electron chi connectivity index (χ2n) is 5.98. The first kappa shape index (κ1) is 16.3. The van der Waals surface area contributed by atoms with Crippen molar-refractivity contribution >= 4 is 17.3 Å². The lowest BCUT2D eigenvalue weighted by molar-refractivity contribution is -0.122. The van der Waals surface area contributed by atoms with E-state index in [2.05, 4.69) is 27.7 Å². The van der Waals surface area contributed by atoms with Gasteiger partial charge in [0.25, 0.3) is 5.91 Å². The minimum Gasteiger partial charge on any atom is -0.479 e. The first-order chi connectivity index (χ1) is 11.6. The van der Waals surface area contributed by atoms with E-state index in [-0.39, 0.29) is 11.9 Å². The summed E-state index contributed by atoms with van der Waals surface area (Å²) in [5.41, 5.74) is 1.50. The number of unbranched alkanes of at least 4 members (excludes halogenated alkanes) is 1. The molecule has 1 aliphatic heterocycles. The predicted octanol–water partition coefficient (Wildman–Crippen LogP) is 3.30. The second kappa shape index (κ2) is 6.90. The Kier molecular flexibility index (Phi) is 4.69. The summed E-state index contributed by atoms with van der Waals surface area (Å²) in [6.07, 6.45) is 2.49. The van der Waals surface area contributed by atoms with Crippen molar-refractivity contribution in [1.29, 1.82) is 0 Å². The van der Waals surface area contributed by atoms with Gasteiger partial charge in [0.05, 0.1) is 5.69 Å².